The molecule has 0 bridgehead atoms. The lowest BCUT2D eigenvalue weighted by atomic mass is 10.1. The molecule has 0 unspecified atom stereocenters. The van der Waals surface area contributed by atoms with E-state index in [-0.39, 0.29) is 29.0 Å². The Morgan fingerprint density at radius 3 is 2.76 bits per heavy atom. The van der Waals surface area contributed by atoms with Gasteiger partial charge in [-0.05, 0) is 0 Å². The first-order valence-corrected chi connectivity index (χ1v) is 5.19. The third-order valence-electron chi connectivity index (χ3n) is 2.38. The van der Waals surface area contributed by atoms with Crippen LogP contribution in [-0.2, 0) is 7.05 Å². The highest BCUT2D eigenvalue weighted by molar-refractivity contribution is 5.97. The predicted octanol–water partition coefficient (Wildman–Crippen LogP) is 2.05. The third-order valence-corrected chi connectivity index (χ3v) is 2.38. The molecule has 0 saturated heterocycles. The molecule has 0 radical (unpaired) electrons. The molecule has 5 nitrogen and oxygen atoms in total. The quantitative estimate of drug-likeness (QED) is 0.766. The van der Waals surface area contributed by atoms with Gasteiger partial charge in [0, 0.05) is 13.0 Å². The zero-order valence-corrected chi connectivity index (χ0v) is 9.77. The summed E-state index contributed by atoms with van der Waals surface area (Å²) in [6, 6.07) is 0. The molecule has 0 atom stereocenters. The monoisotopic (exact) mass is 237 g/mol. The van der Waals surface area contributed by atoms with E-state index < -0.39 is 5.82 Å². The summed E-state index contributed by atoms with van der Waals surface area (Å²) >= 11 is 0. The van der Waals surface area contributed by atoms with E-state index in [1.165, 1.54) is 24.2 Å². The Hall–Kier alpha value is -1.98. The minimum Gasteiger partial charge on any atom is -0.443 e. The first kappa shape index (κ1) is 11.5. The van der Waals surface area contributed by atoms with Crippen molar-refractivity contribution in [2.45, 2.75) is 13.8 Å². The summed E-state index contributed by atoms with van der Waals surface area (Å²) in [5, 5.41) is 3.92. The van der Waals surface area contributed by atoms with Crippen molar-refractivity contribution in [2.24, 2.45) is 13.0 Å². The van der Waals surface area contributed by atoms with Crippen molar-refractivity contribution < 1.29 is 13.6 Å². The second kappa shape index (κ2) is 4.12. The zero-order chi connectivity index (χ0) is 12.6. The van der Waals surface area contributed by atoms with Crippen LogP contribution < -0.4 is 0 Å². The van der Waals surface area contributed by atoms with Gasteiger partial charge in [-0.2, -0.15) is 5.10 Å². The zero-order valence-electron chi connectivity index (χ0n) is 9.77. The summed E-state index contributed by atoms with van der Waals surface area (Å²) in [4.78, 5) is 15.6. The SMILES string of the molecule is CC(C)C(=O)c1c(F)c(-c2ncco2)nn1C. The number of aromatic nitrogens is 3. The molecule has 0 aromatic carbocycles. The van der Waals surface area contributed by atoms with Crippen LogP contribution in [0.25, 0.3) is 11.6 Å². The Balaban J connectivity index is 2.54. The molecule has 0 N–H and O–H groups in total. The van der Waals surface area contributed by atoms with Gasteiger partial charge in [0.15, 0.2) is 17.3 Å². The maximum atomic E-state index is 14.1. The van der Waals surface area contributed by atoms with Crippen LogP contribution in [0.4, 0.5) is 4.39 Å². The van der Waals surface area contributed by atoms with Gasteiger partial charge >= 0.3 is 0 Å². The Labute approximate surface area is 97.3 Å². The van der Waals surface area contributed by atoms with Crippen molar-refractivity contribution in [1.29, 1.82) is 0 Å². The molecule has 90 valence electrons. The molecular formula is C11H12FN3O2. The molecule has 2 heterocycles. The number of hydrogen-bond acceptors (Lipinski definition) is 4. The lowest BCUT2D eigenvalue weighted by Gasteiger charge is -2.03. The van der Waals surface area contributed by atoms with Crippen LogP contribution in [0.15, 0.2) is 16.9 Å². The molecule has 2 aromatic rings. The molecule has 0 aliphatic rings. The fraction of sp³-hybridized carbons (Fsp3) is 0.364. The summed E-state index contributed by atoms with van der Waals surface area (Å²) < 4.78 is 20.3. The molecule has 6 heteroatoms. The second-order valence-electron chi connectivity index (χ2n) is 3.99. The van der Waals surface area contributed by atoms with Gasteiger partial charge in [-0.1, -0.05) is 13.8 Å². The number of oxazole rings is 1. The normalized spacial score (nSPS) is 11.1. The number of halogens is 1. The number of nitrogens with zero attached hydrogens (tertiary/aromatic N) is 3. The van der Waals surface area contributed by atoms with Crippen molar-refractivity contribution >= 4 is 5.78 Å². The number of aryl methyl sites for hydroxylation is 1. The van der Waals surface area contributed by atoms with Crippen molar-refractivity contribution in [3.05, 3.63) is 24.0 Å². The van der Waals surface area contributed by atoms with Crippen LogP contribution in [0.1, 0.15) is 24.3 Å². The summed E-state index contributed by atoms with van der Waals surface area (Å²) in [6.45, 7) is 3.42. The largest absolute Gasteiger partial charge is 0.443 e. The first-order valence-electron chi connectivity index (χ1n) is 5.19. The van der Waals surface area contributed by atoms with Crippen molar-refractivity contribution in [3.8, 4) is 11.6 Å². The maximum Gasteiger partial charge on any atom is 0.250 e. The van der Waals surface area contributed by atoms with Crippen LogP contribution in [0.2, 0.25) is 0 Å². The second-order valence-corrected chi connectivity index (χ2v) is 3.99. The smallest absolute Gasteiger partial charge is 0.250 e. The minimum atomic E-state index is -0.686. The highest BCUT2D eigenvalue weighted by atomic mass is 19.1. The highest BCUT2D eigenvalue weighted by Crippen LogP contribution is 2.23. The number of Topliss-reactive ketones (excluding diaryl/α,β-unsaturated/α-hetero) is 1. The van der Waals surface area contributed by atoms with Gasteiger partial charge in [0.05, 0.1) is 6.20 Å². The van der Waals surface area contributed by atoms with E-state index in [4.69, 9.17) is 4.42 Å². The van der Waals surface area contributed by atoms with Gasteiger partial charge in [-0.25, -0.2) is 9.37 Å². The van der Waals surface area contributed by atoms with E-state index in [0.717, 1.165) is 0 Å². The van der Waals surface area contributed by atoms with E-state index in [9.17, 15) is 9.18 Å². The van der Waals surface area contributed by atoms with Crippen molar-refractivity contribution in [3.63, 3.8) is 0 Å². The van der Waals surface area contributed by atoms with E-state index in [0.29, 0.717) is 0 Å². The number of hydrogen-bond donors (Lipinski definition) is 0. The van der Waals surface area contributed by atoms with Gasteiger partial charge in [0.1, 0.15) is 12.0 Å². The van der Waals surface area contributed by atoms with Crippen LogP contribution in [0.3, 0.4) is 0 Å². The molecule has 2 aromatic heterocycles. The van der Waals surface area contributed by atoms with E-state index in [1.807, 2.05) is 0 Å². The number of carbonyl (C=O) groups excluding carboxylic acids is 1. The average Bonchev–Trinajstić information content (AvgIpc) is 2.86. The van der Waals surface area contributed by atoms with Crippen molar-refractivity contribution in [2.75, 3.05) is 0 Å². The van der Waals surface area contributed by atoms with Gasteiger partial charge in [-0.15, -0.1) is 0 Å². The van der Waals surface area contributed by atoms with Crippen LogP contribution in [-0.4, -0.2) is 20.5 Å². The molecule has 0 aliphatic carbocycles. The molecule has 0 spiro atoms. The van der Waals surface area contributed by atoms with E-state index >= 15 is 0 Å². The Bertz CT molecular complexity index is 543. The lowest BCUT2D eigenvalue weighted by Crippen LogP contribution is -2.14. The Morgan fingerprint density at radius 1 is 1.53 bits per heavy atom. The fourth-order valence-electron chi connectivity index (χ4n) is 1.52. The third kappa shape index (κ3) is 1.86. The lowest BCUT2D eigenvalue weighted by molar-refractivity contribution is 0.0925. The van der Waals surface area contributed by atoms with Crippen LogP contribution in [0, 0.1) is 11.7 Å². The molecule has 0 aliphatic heterocycles. The van der Waals surface area contributed by atoms with Crippen LogP contribution in [0.5, 0.6) is 0 Å². The first-order chi connectivity index (χ1) is 8.02. The average molecular weight is 237 g/mol. The maximum absolute atomic E-state index is 14.1. The molecular weight excluding hydrogens is 225 g/mol. The van der Waals surface area contributed by atoms with E-state index in [2.05, 4.69) is 10.1 Å². The predicted molar refractivity (Wildman–Crippen MR) is 57.8 cm³/mol. The summed E-state index contributed by atoms with van der Waals surface area (Å²) in [5.41, 5.74) is -0.0882. The molecule has 0 fully saturated rings. The number of carbonyl (C=O) groups is 1. The van der Waals surface area contributed by atoms with Gasteiger partial charge in [0.2, 0.25) is 5.89 Å². The number of rotatable bonds is 3. The fourth-order valence-corrected chi connectivity index (χ4v) is 1.52. The molecule has 0 amide bonds. The van der Waals surface area contributed by atoms with Crippen LogP contribution >= 0.6 is 0 Å². The minimum absolute atomic E-state index is 0.0403. The molecule has 0 saturated carbocycles. The topological polar surface area (TPSA) is 60.9 Å². The Morgan fingerprint density at radius 2 is 2.24 bits per heavy atom. The summed E-state index contributed by atoms with van der Waals surface area (Å²) in [6.07, 6.45) is 2.72. The van der Waals surface area contributed by atoms with Gasteiger partial charge in [0.25, 0.3) is 0 Å². The van der Waals surface area contributed by atoms with Crippen molar-refractivity contribution in [1.82, 2.24) is 14.8 Å². The highest BCUT2D eigenvalue weighted by Gasteiger charge is 2.26. The van der Waals surface area contributed by atoms with Gasteiger partial charge < -0.3 is 4.42 Å². The molecule has 17 heavy (non-hydrogen) atoms. The number of ketones is 1. The van der Waals surface area contributed by atoms with E-state index in [1.54, 1.807) is 13.8 Å². The molecule has 2 rings (SSSR count). The summed E-state index contributed by atoms with van der Waals surface area (Å²) in [5.74, 6) is -1.21. The standard InChI is InChI=1S/C11H12FN3O2/c1-6(2)10(16)9-7(12)8(14-15(9)3)11-13-4-5-17-11/h4-6H,1-3H3. The van der Waals surface area contributed by atoms with Gasteiger partial charge in [-0.3, -0.25) is 9.48 Å². The Kier molecular flexibility index (Phi) is 2.79. The summed E-state index contributed by atoms with van der Waals surface area (Å²) in [7, 11) is 1.52.